The standard InChI is InChI=1S/C16H25BrN2O/c1-4-19-9-5-6-14(19)11-18(3)13-7-8-15(12(2)20)16(17)10-13/h7-8,10,12,14,20H,4-6,9,11H2,1-3H3. The molecule has 0 saturated carbocycles. The predicted octanol–water partition coefficient (Wildman–Crippen LogP) is 3.42. The fourth-order valence-corrected chi connectivity index (χ4v) is 3.73. The molecule has 0 radical (unpaired) electrons. The van der Waals surface area contributed by atoms with Gasteiger partial charge >= 0.3 is 0 Å². The van der Waals surface area contributed by atoms with Gasteiger partial charge in [0.25, 0.3) is 0 Å². The number of anilines is 1. The number of aliphatic hydroxyl groups excluding tert-OH is 1. The highest BCUT2D eigenvalue weighted by Gasteiger charge is 2.24. The van der Waals surface area contributed by atoms with E-state index in [1.54, 1.807) is 6.92 Å². The van der Waals surface area contributed by atoms with Gasteiger partial charge in [0.05, 0.1) is 6.10 Å². The first-order valence-electron chi connectivity index (χ1n) is 7.45. The molecule has 0 aromatic heterocycles. The number of halogens is 1. The van der Waals surface area contributed by atoms with Crippen LogP contribution in [0.2, 0.25) is 0 Å². The van der Waals surface area contributed by atoms with Gasteiger partial charge in [-0.05, 0) is 50.6 Å². The summed E-state index contributed by atoms with van der Waals surface area (Å²) in [6.45, 7) is 7.48. The Bertz CT molecular complexity index is 450. The van der Waals surface area contributed by atoms with E-state index < -0.39 is 6.10 Å². The molecule has 1 aromatic carbocycles. The molecule has 1 aliphatic heterocycles. The van der Waals surface area contributed by atoms with Gasteiger partial charge in [0.2, 0.25) is 0 Å². The topological polar surface area (TPSA) is 26.7 Å². The Morgan fingerprint density at radius 3 is 2.85 bits per heavy atom. The van der Waals surface area contributed by atoms with Gasteiger partial charge in [-0.25, -0.2) is 0 Å². The van der Waals surface area contributed by atoms with Crippen LogP contribution in [0.25, 0.3) is 0 Å². The van der Waals surface area contributed by atoms with Crippen LogP contribution in [0.3, 0.4) is 0 Å². The van der Waals surface area contributed by atoms with Crippen LogP contribution in [0, 0.1) is 0 Å². The van der Waals surface area contributed by atoms with Crippen molar-refractivity contribution in [3.05, 3.63) is 28.2 Å². The molecule has 0 bridgehead atoms. The summed E-state index contributed by atoms with van der Waals surface area (Å²) in [5.41, 5.74) is 2.14. The molecule has 112 valence electrons. The van der Waals surface area contributed by atoms with Gasteiger partial charge in [-0.1, -0.05) is 28.9 Å². The largest absolute Gasteiger partial charge is 0.389 e. The second-order valence-corrected chi connectivity index (χ2v) is 6.54. The minimum Gasteiger partial charge on any atom is -0.389 e. The van der Waals surface area contributed by atoms with E-state index in [1.807, 2.05) is 6.07 Å². The van der Waals surface area contributed by atoms with Crippen molar-refractivity contribution in [2.24, 2.45) is 0 Å². The molecule has 1 fully saturated rings. The monoisotopic (exact) mass is 340 g/mol. The van der Waals surface area contributed by atoms with Crippen LogP contribution in [0.1, 0.15) is 38.4 Å². The molecular formula is C16H25BrN2O. The molecule has 1 N–H and O–H groups in total. The number of likely N-dealkylation sites (tertiary alicyclic amines) is 1. The van der Waals surface area contributed by atoms with Crippen molar-refractivity contribution < 1.29 is 5.11 Å². The van der Waals surface area contributed by atoms with Crippen molar-refractivity contribution in [1.82, 2.24) is 4.90 Å². The zero-order chi connectivity index (χ0) is 14.7. The molecule has 2 unspecified atom stereocenters. The lowest BCUT2D eigenvalue weighted by Gasteiger charge is -2.29. The number of hydrogen-bond acceptors (Lipinski definition) is 3. The molecule has 1 heterocycles. The van der Waals surface area contributed by atoms with Crippen LogP contribution in [-0.4, -0.2) is 42.7 Å². The summed E-state index contributed by atoms with van der Waals surface area (Å²) < 4.78 is 0.982. The van der Waals surface area contributed by atoms with E-state index in [-0.39, 0.29) is 0 Å². The summed E-state index contributed by atoms with van der Waals surface area (Å²) in [5, 5.41) is 9.68. The number of hydrogen-bond donors (Lipinski definition) is 1. The lowest BCUT2D eigenvalue weighted by molar-refractivity contribution is 0.198. The van der Waals surface area contributed by atoms with Gasteiger partial charge in [-0.3, -0.25) is 4.90 Å². The second kappa shape index (κ2) is 6.92. The van der Waals surface area contributed by atoms with E-state index in [2.05, 4.69) is 51.8 Å². The zero-order valence-corrected chi connectivity index (χ0v) is 14.2. The highest BCUT2D eigenvalue weighted by Crippen LogP contribution is 2.28. The summed E-state index contributed by atoms with van der Waals surface area (Å²) >= 11 is 3.56. The van der Waals surface area contributed by atoms with Crippen LogP contribution in [0.4, 0.5) is 5.69 Å². The number of aliphatic hydroxyl groups is 1. The highest BCUT2D eigenvalue weighted by atomic mass is 79.9. The highest BCUT2D eigenvalue weighted by molar-refractivity contribution is 9.10. The number of rotatable bonds is 5. The van der Waals surface area contributed by atoms with E-state index in [0.29, 0.717) is 6.04 Å². The van der Waals surface area contributed by atoms with E-state index >= 15 is 0 Å². The minimum atomic E-state index is -0.436. The summed E-state index contributed by atoms with van der Waals surface area (Å²) in [6, 6.07) is 6.87. The first-order chi connectivity index (χ1) is 9.52. The number of benzene rings is 1. The van der Waals surface area contributed by atoms with Gasteiger partial charge in [0.1, 0.15) is 0 Å². The number of likely N-dealkylation sites (N-methyl/N-ethyl adjacent to an activating group) is 2. The zero-order valence-electron chi connectivity index (χ0n) is 12.6. The molecule has 20 heavy (non-hydrogen) atoms. The Hall–Kier alpha value is -0.580. The quantitative estimate of drug-likeness (QED) is 0.889. The van der Waals surface area contributed by atoms with Crippen molar-refractivity contribution in [3.63, 3.8) is 0 Å². The van der Waals surface area contributed by atoms with Crippen LogP contribution >= 0.6 is 15.9 Å². The molecule has 4 heteroatoms. The Morgan fingerprint density at radius 2 is 2.25 bits per heavy atom. The SMILES string of the molecule is CCN1CCCC1CN(C)c1ccc(C(C)O)c(Br)c1. The fourth-order valence-electron chi connectivity index (χ4n) is 3.03. The summed E-state index contributed by atoms with van der Waals surface area (Å²) in [5.74, 6) is 0. The van der Waals surface area contributed by atoms with Crippen molar-refractivity contribution in [2.75, 3.05) is 31.6 Å². The van der Waals surface area contributed by atoms with Crippen LogP contribution < -0.4 is 4.90 Å². The van der Waals surface area contributed by atoms with Crippen molar-refractivity contribution in [3.8, 4) is 0 Å². The molecule has 1 saturated heterocycles. The Morgan fingerprint density at radius 1 is 1.50 bits per heavy atom. The normalized spacial score (nSPS) is 21.1. The molecule has 1 aromatic rings. The summed E-state index contributed by atoms with van der Waals surface area (Å²) in [6.07, 6.45) is 2.18. The fraction of sp³-hybridized carbons (Fsp3) is 0.625. The minimum absolute atomic E-state index is 0.436. The smallest absolute Gasteiger partial charge is 0.0772 e. The molecule has 0 spiro atoms. The third-order valence-electron chi connectivity index (χ3n) is 4.26. The van der Waals surface area contributed by atoms with Crippen LogP contribution in [-0.2, 0) is 0 Å². The predicted molar refractivity (Wildman–Crippen MR) is 88.3 cm³/mol. The van der Waals surface area contributed by atoms with Crippen molar-refractivity contribution in [1.29, 1.82) is 0 Å². The maximum Gasteiger partial charge on any atom is 0.0772 e. The lowest BCUT2D eigenvalue weighted by Crippen LogP contribution is -2.38. The lowest BCUT2D eigenvalue weighted by atomic mass is 10.1. The molecule has 2 rings (SSSR count). The van der Waals surface area contributed by atoms with Gasteiger partial charge in [0, 0.05) is 29.8 Å². The molecular weight excluding hydrogens is 316 g/mol. The molecule has 0 amide bonds. The second-order valence-electron chi connectivity index (χ2n) is 5.69. The molecule has 0 aliphatic carbocycles. The Labute approximate surface area is 130 Å². The number of nitrogens with zero attached hydrogens (tertiary/aromatic N) is 2. The summed E-state index contributed by atoms with van der Waals surface area (Å²) in [7, 11) is 2.15. The van der Waals surface area contributed by atoms with Gasteiger partial charge in [-0.15, -0.1) is 0 Å². The van der Waals surface area contributed by atoms with E-state index in [1.165, 1.54) is 25.1 Å². The van der Waals surface area contributed by atoms with E-state index in [4.69, 9.17) is 0 Å². The Kier molecular flexibility index (Phi) is 5.47. The average molecular weight is 341 g/mol. The van der Waals surface area contributed by atoms with Gasteiger partial charge in [-0.2, -0.15) is 0 Å². The summed E-state index contributed by atoms with van der Waals surface area (Å²) in [4.78, 5) is 4.88. The molecule has 3 nitrogen and oxygen atoms in total. The van der Waals surface area contributed by atoms with Crippen molar-refractivity contribution in [2.45, 2.75) is 38.8 Å². The van der Waals surface area contributed by atoms with Crippen LogP contribution in [0.15, 0.2) is 22.7 Å². The third kappa shape index (κ3) is 3.54. The molecule has 1 aliphatic rings. The third-order valence-corrected chi connectivity index (χ3v) is 4.95. The first-order valence-corrected chi connectivity index (χ1v) is 8.25. The average Bonchev–Trinajstić information content (AvgIpc) is 2.85. The maximum absolute atomic E-state index is 9.68. The first kappa shape index (κ1) is 15.8. The van der Waals surface area contributed by atoms with Crippen molar-refractivity contribution >= 4 is 21.6 Å². The molecule has 2 atom stereocenters. The van der Waals surface area contributed by atoms with Gasteiger partial charge < -0.3 is 10.0 Å². The van der Waals surface area contributed by atoms with Crippen LogP contribution in [0.5, 0.6) is 0 Å². The van der Waals surface area contributed by atoms with Gasteiger partial charge in [0.15, 0.2) is 0 Å². The maximum atomic E-state index is 9.68. The van der Waals surface area contributed by atoms with E-state index in [0.717, 1.165) is 23.1 Å². The Balaban J connectivity index is 2.05. The van der Waals surface area contributed by atoms with E-state index in [9.17, 15) is 5.11 Å².